The highest BCUT2D eigenvalue weighted by Crippen LogP contribution is 1.76. The second kappa shape index (κ2) is 3.72. The van der Waals surface area contributed by atoms with Crippen molar-refractivity contribution in [2.45, 2.75) is 6.54 Å². The summed E-state index contributed by atoms with van der Waals surface area (Å²) in [6.45, 7) is 1.24. The van der Waals surface area contributed by atoms with Gasteiger partial charge in [-0.15, -0.1) is 5.10 Å². The van der Waals surface area contributed by atoms with Crippen LogP contribution in [0.4, 0.5) is 0 Å². The number of nitrogens with zero attached hydrogens (tertiary/aromatic N) is 3. The molecule has 0 saturated carbocycles. The molecule has 1 aromatic rings. The van der Waals surface area contributed by atoms with Crippen molar-refractivity contribution in [2.75, 3.05) is 6.54 Å². The molecule has 0 saturated heterocycles. The summed E-state index contributed by atoms with van der Waals surface area (Å²) >= 11 is 0. The Kier molecular flexibility index (Phi) is 2.62. The van der Waals surface area contributed by atoms with E-state index in [1.165, 1.54) is 0 Å². The van der Waals surface area contributed by atoms with Crippen molar-refractivity contribution >= 4 is 0 Å². The molecule has 0 radical (unpaired) electrons. The quantitative estimate of drug-likeness (QED) is 0.405. The molecule has 0 spiro atoms. The van der Waals surface area contributed by atoms with Gasteiger partial charge in [0.2, 0.25) is 5.62 Å². The molecule has 0 aliphatic carbocycles. The predicted molar refractivity (Wildman–Crippen MR) is 41.0 cm³/mol. The summed E-state index contributed by atoms with van der Waals surface area (Å²) in [6.07, 6.45) is 3.48. The van der Waals surface area contributed by atoms with Gasteiger partial charge in [-0.3, -0.25) is 0 Å². The van der Waals surface area contributed by atoms with Crippen LogP contribution in [0.3, 0.4) is 0 Å². The molecule has 5 heteroatoms. The largest absolute Gasteiger partial charge is 0.329 e. The fourth-order valence-electron chi connectivity index (χ4n) is 0.814. The van der Waals surface area contributed by atoms with Crippen molar-refractivity contribution in [3.63, 3.8) is 0 Å². The first-order valence-electron chi connectivity index (χ1n) is 3.34. The van der Waals surface area contributed by atoms with Crippen LogP contribution in [0.1, 0.15) is 0 Å². The standard InChI is InChI=1S/C6H11N5/c7-2-5-11-4-1-3-9-6(11)10-8/h1,3-4H,2,5,7-8H2. The Bertz CT molecular complexity index is 276. The van der Waals surface area contributed by atoms with E-state index >= 15 is 0 Å². The summed E-state index contributed by atoms with van der Waals surface area (Å²) in [5, 5.41) is 3.49. The summed E-state index contributed by atoms with van der Waals surface area (Å²) in [5.74, 6) is 5.08. The van der Waals surface area contributed by atoms with Gasteiger partial charge >= 0.3 is 0 Å². The first-order valence-corrected chi connectivity index (χ1v) is 3.34. The maximum absolute atomic E-state index is 5.35. The molecule has 1 rings (SSSR count). The van der Waals surface area contributed by atoms with Crippen molar-refractivity contribution in [1.82, 2.24) is 9.55 Å². The minimum Gasteiger partial charge on any atom is -0.329 e. The van der Waals surface area contributed by atoms with E-state index in [4.69, 9.17) is 11.6 Å². The number of hydrogen-bond acceptors (Lipinski definition) is 4. The Hall–Kier alpha value is -1.36. The minimum atomic E-state index is 0.498. The summed E-state index contributed by atoms with van der Waals surface area (Å²) in [5.41, 5.74) is 5.85. The van der Waals surface area contributed by atoms with Crippen molar-refractivity contribution in [3.05, 3.63) is 24.1 Å². The van der Waals surface area contributed by atoms with Gasteiger partial charge in [-0.2, -0.15) is 0 Å². The lowest BCUT2D eigenvalue weighted by Gasteiger charge is -2.01. The van der Waals surface area contributed by atoms with Crippen LogP contribution >= 0.6 is 0 Å². The molecule has 0 atom stereocenters. The molecule has 4 N–H and O–H groups in total. The van der Waals surface area contributed by atoms with Crippen LogP contribution < -0.4 is 17.2 Å². The molecule has 0 fully saturated rings. The average molecular weight is 153 g/mol. The van der Waals surface area contributed by atoms with E-state index in [0.29, 0.717) is 18.7 Å². The molecule has 0 aliphatic rings. The molecule has 60 valence electrons. The lowest BCUT2D eigenvalue weighted by Crippen LogP contribution is -2.27. The first kappa shape index (κ1) is 7.74. The molecule has 0 bridgehead atoms. The van der Waals surface area contributed by atoms with Crippen molar-refractivity contribution in [3.8, 4) is 0 Å². The Labute approximate surface area is 64.4 Å². The van der Waals surface area contributed by atoms with E-state index in [0.717, 1.165) is 0 Å². The van der Waals surface area contributed by atoms with Crippen LogP contribution in [-0.4, -0.2) is 16.1 Å². The molecular formula is C6H11N5. The molecule has 0 aliphatic heterocycles. The molecule has 11 heavy (non-hydrogen) atoms. The smallest absolute Gasteiger partial charge is 0.246 e. The fourth-order valence-corrected chi connectivity index (χ4v) is 0.814. The normalized spacial score (nSPS) is 11.9. The first-order chi connectivity index (χ1) is 5.38. The van der Waals surface area contributed by atoms with Gasteiger partial charge < -0.3 is 16.1 Å². The summed E-state index contributed by atoms with van der Waals surface area (Å²) in [4.78, 5) is 3.93. The summed E-state index contributed by atoms with van der Waals surface area (Å²) in [7, 11) is 0. The fraction of sp³-hybridized carbons (Fsp3) is 0.333. The maximum atomic E-state index is 5.35. The van der Waals surface area contributed by atoms with Gasteiger partial charge in [-0.25, -0.2) is 4.98 Å². The zero-order valence-corrected chi connectivity index (χ0v) is 6.14. The second-order valence-corrected chi connectivity index (χ2v) is 2.03. The molecule has 1 aromatic heterocycles. The molecule has 5 nitrogen and oxygen atoms in total. The van der Waals surface area contributed by atoms with Crippen molar-refractivity contribution in [2.24, 2.45) is 16.7 Å². The van der Waals surface area contributed by atoms with Gasteiger partial charge in [-0.05, 0) is 6.07 Å². The molecule has 0 aromatic carbocycles. The van der Waals surface area contributed by atoms with E-state index in [9.17, 15) is 0 Å². The zero-order valence-electron chi connectivity index (χ0n) is 6.14. The van der Waals surface area contributed by atoms with Gasteiger partial charge in [0.15, 0.2) is 0 Å². The van der Waals surface area contributed by atoms with Crippen LogP contribution in [-0.2, 0) is 6.54 Å². The van der Waals surface area contributed by atoms with Crippen LogP contribution in [0.5, 0.6) is 0 Å². The highest BCUT2D eigenvalue weighted by atomic mass is 15.2. The van der Waals surface area contributed by atoms with E-state index in [1.54, 1.807) is 10.8 Å². The SMILES string of the molecule is NCCn1cccnc1=NN. The molecule has 0 unspecified atom stereocenters. The molecule has 1 heterocycles. The molecular weight excluding hydrogens is 142 g/mol. The molecule has 0 amide bonds. The predicted octanol–water partition coefficient (Wildman–Crippen LogP) is -1.38. The van der Waals surface area contributed by atoms with Crippen LogP contribution in [0.15, 0.2) is 23.6 Å². The minimum absolute atomic E-state index is 0.498. The third kappa shape index (κ3) is 1.78. The lowest BCUT2D eigenvalue weighted by atomic mass is 10.6. The average Bonchev–Trinajstić information content (AvgIpc) is 2.06. The highest BCUT2D eigenvalue weighted by molar-refractivity contribution is 4.80. The van der Waals surface area contributed by atoms with Gasteiger partial charge in [-0.1, -0.05) is 0 Å². The number of hydrogen-bond donors (Lipinski definition) is 2. The Balaban J connectivity index is 3.03. The Morgan fingerprint density at radius 2 is 2.45 bits per heavy atom. The third-order valence-corrected chi connectivity index (χ3v) is 1.28. The van der Waals surface area contributed by atoms with E-state index in [-0.39, 0.29) is 0 Å². The van der Waals surface area contributed by atoms with Crippen LogP contribution in [0.2, 0.25) is 0 Å². The van der Waals surface area contributed by atoms with E-state index in [1.807, 2.05) is 12.3 Å². The monoisotopic (exact) mass is 153 g/mol. The number of aromatic nitrogens is 2. The highest BCUT2D eigenvalue weighted by Gasteiger charge is 1.88. The van der Waals surface area contributed by atoms with Crippen molar-refractivity contribution < 1.29 is 0 Å². The maximum Gasteiger partial charge on any atom is 0.246 e. The van der Waals surface area contributed by atoms with Crippen LogP contribution in [0.25, 0.3) is 0 Å². The topological polar surface area (TPSA) is 82.2 Å². The van der Waals surface area contributed by atoms with Crippen molar-refractivity contribution in [1.29, 1.82) is 0 Å². The van der Waals surface area contributed by atoms with Gasteiger partial charge in [0.1, 0.15) is 0 Å². The number of nitrogens with two attached hydrogens (primary N) is 2. The van der Waals surface area contributed by atoms with Gasteiger partial charge in [0.25, 0.3) is 0 Å². The Morgan fingerprint density at radius 1 is 1.64 bits per heavy atom. The summed E-state index contributed by atoms with van der Waals surface area (Å²) < 4.78 is 1.79. The lowest BCUT2D eigenvalue weighted by molar-refractivity contribution is 0.638. The zero-order chi connectivity index (χ0) is 8.10. The van der Waals surface area contributed by atoms with Gasteiger partial charge in [0, 0.05) is 25.5 Å². The second-order valence-electron chi connectivity index (χ2n) is 2.03. The van der Waals surface area contributed by atoms with Gasteiger partial charge in [0.05, 0.1) is 0 Å². The van der Waals surface area contributed by atoms with E-state index in [2.05, 4.69) is 10.1 Å². The summed E-state index contributed by atoms with van der Waals surface area (Å²) in [6, 6.07) is 1.81. The third-order valence-electron chi connectivity index (χ3n) is 1.28. The van der Waals surface area contributed by atoms with E-state index < -0.39 is 0 Å². The Morgan fingerprint density at radius 3 is 3.09 bits per heavy atom. The van der Waals surface area contributed by atoms with Crippen LogP contribution in [0, 0.1) is 0 Å². The number of rotatable bonds is 2.